The smallest absolute Gasteiger partial charge is 0.264 e. The first-order valence-electron chi connectivity index (χ1n) is 8.14. The number of nitrogens with one attached hydrogen (secondary N) is 1. The highest BCUT2D eigenvalue weighted by Gasteiger charge is 2.19. The lowest BCUT2D eigenvalue weighted by atomic mass is 10.2. The van der Waals surface area contributed by atoms with E-state index in [2.05, 4.69) is 25.1 Å². The molecule has 3 heterocycles. The molecule has 0 aliphatic heterocycles. The van der Waals surface area contributed by atoms with E-state index < -0.39 is 11.5 Å². The number of aromatic nitrogens is 5. The molecule has 27 heavy (non-hydrogen) atoms. The quantitative estimate of drug-likeness (QED) is 0.643. The molecule has 1 amide bonds. The highest BCUT2D eigenvalue weighted by Crippen LogP contribution is 2.11. The summed E-state index contributed by atoms with van der Waals surface area (Å²) in [5, 5.41) is 3.81. The Balaban J connectivity index is 1.71. The molecule has 0 fully saturated rings. The van der Waals surface area contributed by atoms with Gasteiger partial charge in [-0.05, 0) is 12.1 Å². The molecule has 0 unspecified atom stereocenters. The van der Waals surface area contributed by atoms with Crippen molar-refractivity contribution in [1.82, 2.24) is 30.0 Å². The van der Waals surface area contributed by atoms with Crippen molar-refractivity contribution in [3.8, 4) is 11.4 Å². The average Bonchev–Trinajstić information content (AvgIpc) is 3.13. The molecule has 0 radical (unpaired) electrons. The number of hydrogen-bond acceptors (Lipinski definition) is 8. The largest absolute Gasteiger partial charge is 0.384 e. The SMILES string of the molecule is COCCc1noc(CN(C)C(=O)c2cnc(-c3cccnc3)[nH]c2=O)n1. The summed E-state index contributed by atoms with van der Waals surface area (Å²) in [5.74, 6) is 0.603. The highest BCUT2D eigenvalue weighted by atomic mass is 16.5. The molecule has 0 atom stereocenters. The number of nitrogens with zero attached hydrogens (tertiary/aromatic N) is 5. The summed E-state index contributed by atoms with van der Waals surface area (Å²) in [6.45, 7) is 0.542. The van der Waals surface area contributed by atoms with Gasteiger partial charge in [-0.15, -0.1) is 0 Å². The average molecular weight is 370 g/mol. The van der Waals surface area contributed by atoms with Gasteiger partial charge in [0.15, 0.2) is 5.82 Å². The molecular weight excluding hydrogens is 352 g/mol. The minimum Gasteiger partial charge on any atom is -0.384 e. The monoisotopic (exact) mass is 370 g/mol. The summed E-state index contributed by atoms with van der Waals surface area (Å²) in [5.41, 5.74) is 0.0349. The number of carbonyl (C=O) groups is 1. The Kier molecular flexibility index (Phi) is 5.67. The van der Waals surface area contributed by atoms with Crippen LogP contribution >= 0.6 is 0 Å². The molecule has 0 aliphatic carbocycles. The minimum atomic E-state index is -0.535. The molecule has 10 heteroatoms. The second kappa shape index (κ2) is 8.32. The fraction of sp³-hybridized carbons (Fsp3) is 0.294. The molecular formula is C17H18N6O4. The maximum atomic E-state index is 12.5. The lowest BCUT2D eigenvalue weighted by Crippen LogP contribution is -2.31. The van der Waals surface area contributed by atoms with E-state index in [0.29, 0.717) is 30.2 Å². The number of pyridine rings is 1. The molecule has 1 N–H and O–H groups in total. The molecule has 0 spiro atoms. The van der Waals surface area contributed by atoms with E-state index in [1.807, 2.05) is 0 Å². The molecule has 0 saturated carbocycles. The summed E-state index contributed by atoms with van der Waals surface area (Å²) in [4.78, 5) is 41.1. The van der Waals surface area contributed by atoms with Crippen LogP contribution in [0.3, 0.4) is 0 Å². The van der Waals surface area contributed by atoms with Gasteiger partial charge in [0.1, 0.15) is 11.4 Å². The van der Waals surface area contributed by atoms with Gasteiger partial charge in [0.25, 0.3) is 11.5 Å². The van der Waals surface area contributed by atoms with Crippen LogP contribution in [-0.4, -0.2) is 56.7 Å². The first-order chi connectivity index (χ1) is 13.1. The summed E-state index contributed by atoms with van der Waals surface area (Å²) in [6.07, 6.45) is 4.95. The number of ether oxygens (including phenoxy) is 1. The van der Waals surface area contributed by atoms with Gasteiger partial charge in [-0.25, -0.2) is 4.98 Å². The maximum Gasteiger partial charge on any atom is 0.264 e. The molecule has 3 rings (SSSR count). The van der Waals surface area contributed by atoms with Crippen LogP contribution in [0.5, 0.6) is 0 Å². The highest BCUT2D eigenvalue weighted by molar-refractivity contribution is 5.93. The molecule has 140 valence electrons. The number of rotatable bonds is 7. The Bertz CT molecular complexity index is 969. The predicted octanol–water partition coefficient (Wildman–Crippen LogP) is 0.676. The number of amides is 1. The van der Waals surface area contributed by atoms with Crippen molar-refractivity contribution in [1.29, 1.82) is 0 Å². The molecule has 3 aromatic rings. The summed E-state index contributed by atoms with van der Waals surface area (Å²) < 4.78 is 10.1. The van der Waals surface area contributed by atoms with Crippen LogP contribution < -0.4 is 5.56 Å². The Labute approximate surface area is 154 Å². The van der Waals surface area contributed by atoms with Crippen LogP contribution in [0, 0.1) is 0 Å². The number of aromatic amines is 1. The van der Waals surface area contributed by atoms with E-state index >= 15 is 0 Å². The third kappa shape index (κ3) is 4.42. The van der Waals surface area contributed by atoms with Gasteiger partial charge in [0, 0.05) is 44.7 Å². The van der Waals surface area contributed by atoms with E-state index in [9.17, 15) is 9.59 Å². The predicted molar refractivity (Wildman–Crippen MR) is 93.8 cm³/mol. The Hall–Kier alpha value is -3.40. The van der Waals surface area contributed by atoms with E-state index in [4.69, 9.17) is 9.26 Å². The topological polar surface area (TPSA) is 127 Å². The zero-order valence-electron chi connectivity index (χ0n) is 14.9. The zero-order valence-corrected chi connectivity index (χ0v) is 14.9. The first-order valence-corrected chi connectivity index (χ1v) is 8.14. The normalized spacial score (nSPS) is 10.7. The molecule has 3 aromatic heterocycles. The van der Waals surface area contributed by atoms with E-state index in [0.717, 1.165) is 0 Å². The summed E-state index contributed by atoms with van der Waals surface area (Å²) in [6, 6.07) is 3.49. The van der Waals surface area contributed by atoms with E-state index in [-0.39, 0.29) is 18.0 Å². The number of carbonyl (C=O) groups excluding carboxylic acids is 1. The fourth-order valence-corrected chi connectivity index (χ4v) is 2.33. The molecule has 0 bridgehead atoms. The van der Waals surface area contributed by atoms with Gasteiger partial charge in [0.05, 0.1) is 13.2 Å². The van der Waals surface area contributed by atoms with Gasteiger partial charge >= 0.3 is 0 Å². The molecule has 0 aliphatic rings. The van der Waals surface area contributed by atoms with Crippen LogP contribution in [0.25, 0.3) is 11.4 Å². The van der Waals surface area contributed by atoms with Crippen LogP contribution in [0.4, 0.5) is 0 Å². The van der Waals surface area contributed by atoms with Crippen molar-refractivity contribution in [2.24, 2.45) is 0 Å². The summed E-state index contributed by atoms with van der Waals surface area (Å²) >= 11 is 0. The number of hydrogen-bond donors (Lipinski definition) is 1. The third-order valence-corrected chi connectivity index (χ3v) is 3.72. The first kappa shape index (κ1) is 18.4. The van der Waals surface area contributed by atoms with Crippen molar-refractivity contribution in [2.45, 2.75) is 13.0 Å². The minimum absolute atomic E-state index is 0.0720. The van der Waals surface area contributed by atoms with Crippen molar-refractivity contribution in [3.05, 3.63) is 58.4 Å². The second-order valence-electron chi connectivity index (χ2n) is 5.72. The third-order valence-electron chi connectivity index (χ3n) is 3.72. The maximum absolute atomic E-state index is 12.5. The molecule has 0 saturated heterocycles. The Morgan fingerprint density at radius 3 is 2.93 bits per heavy atom. The second-order valence-corrected chi connectivity index (χ2v) is 5.72. The number of methoxy groups -OCH3 is 1. The Morgan fingerprint density at radius 1 is 1.37 bits per heavy atom. The van der Waals surface area contributed by atoms with Crippen LogP contribution in [-0.2, 0) is 17.7 Å². The van der Waals surface area contributed by atoms with Gasteiger partial charge < -0.3 is 19.1 Å². The number of H-pyrrole nitrogens is 1. The van der Waals surface area contributed by atoms with Gasteiger partial charge in [-0.3, -0.25) is 14.6 Å². The van der Waals surface area contributed by atoms with Gasteiger partial charge in [-0.1, -0.05) is 5.16 Å². The van der Waals surface area contributed by atoms with E-state index in [1.165, 1.54) is 18.1 Å². The molecule has 10 nitrogen and oxygen atoms in total. The van der Waals surface area contributed by atoms with Crippen molar-refractivity contribution in [3.63, 3.8) is 0 Å². The zero-order chi connectivity index (χ0) is 19.2. The van der Waals surface area contributed by atoms with Gasteiger partial charge in [-0.2, -0.15) is 4.98 Å². The summed E-state index contributed by atoms with van der Waals surface area (Å²) in [7, 11) is 3.12. The van der Waals surface area contributed by atoms with Crippen LogP contribution in [0.15, 0.2) is 40.0 Å². The van der Waals surface area contributed by atoms with Crippen molar-refractivity contribution < 1.29 is 14.1 Å². The van der Waals surface area contributed by atoms with Crippen LogP contribution in [0.2, 0.25) is 0 Å². The fourth-order valence-electron chi connectivity index (χ4n) is 2.33. The van der Waals surface area contributed by atoms with E-state index in [1.54, 1.807) is 31.6 Å². The van der Waals surface area contributed by atoms with Crippen LogP contribution in [0.1, 0.15) is 22.1 Å². The Morgan fingerprint density at radius 2 is 2.22 bits per heavy atom. The standard InChI is InChI=1S/C17H18N6O4/c1-23(10-14-20-13(22-27-14)5-7-26-2)17(25)12-9-19-15(21-16(12)24)11-4-3-6-18-8-11/h3-4,6,8-9H,5,7,10H2,1-2H3,(H,19,21,24). The lowest BCUT2D eigenvalue weighted by Gasteiger charge is -2.14. The van der Waals surface area contributed by atoms with Crippen molar-refractivity contribution in [2.75, 3.05) is 20.8 Å². The lowest BCUT2D eigenvalue weighted by molar-refractivity contribution is 0.0767. The van der Waals surface area contributed by atoms with Gasteiger partial charge in [0.2, 0.25) is 5.89 Å². The van der Waals surface area contributed by atoms with Crippen molar-refractivity contribution >= 4 is 5.91 Å². The molecule has 0 aromatic carbocycles.